The number of rotatable bonds is 10. The van der Waals surface area contributed by atoms with Crippen molar-refractivity contribution in [3.63, 3.8) is 0 Å². The van der Waals surface area contributed by atoms with Gasteiger partial charge < -0.3 is 0 Å². The van der Waals surface area contributed by atoms with E-state index < -0.39 is 0 Å². The van der Waals surface area contributed by atoms with Gasteiger partial charge in [-0.3, -0.25) is 14.2 Å². The molecular formula is C26H29N3O2. The van der Waals surface area contributed by atoms with Crippen LogP contribution in [0.25, 0.3) is 16.6 Å². The topological polar surface area (TPSA) is 75.8 Å². The molecule has 5 heteroatoms. The van der Waals surface area contributed by atoms with Crippen LogP contribution in [-0.2, 0) is 11.2 Å². The molecule has 0 spiro atoms. The first-order valence-electron chi connectivity index (χ1n) is 11.1. The monoisotopic (exact) mass is 415 g/mol. The largest absolute Gasteiger partial charge is 0.300 e. The first-order chi connectivity index (χ1) is 15.0. The molecule has 0 unspecified atom stereocenters. The second kappa shape index (κ2) is 10.7. The van der Waals surface area contributed by atoms with Crippen LogP contribution in [0.5, 0.6) is 0 Å². The number of hydrogen-bond acceptors (Lipinski definition) is 4. The van der Waals surface area contributed by atoms with Gasteiger partial charge in [0.1, 0.15) is 11.6 Å². The Morgan fingerprint density at radius 1 is 1.03 bits per heavy atom. The summed E-state index contributed by atoms with van der Waals surface area (Å²) in [6, 6.07) is 14.7. The van der Waals surface area contributed by atoms with E-state index in [1.165, 1.54) is 0 Å². The Bertz CT molecular complexity index is 1150. The van der Waals surface area contributed by atoms with Gasteiger partial charge in [-0.15, -0.1) is 0 Å². The van der Waals surface area contributed by atoms with E-state index in [1.54, 1.807) is 28.8 Å². The van der Waals surface area contributed by atoms with Crippen LogP contribution in [0.15, 0.2) is 47.3 Å². The summed E-state index contributed by atoms with van der Waals surface area (Å²) in [5.74, 6) is 1.01. The number of ketones is 1. The smallest absolute Gasteiger partial charge is 0.265 e. The molecule has 0 aliphatic heterocycles. The Morgan fingerprint density at radius 3 is 2.42 bits per heavy atom. The Kier molecular flexibility index (Phi) is 7.72. The van der Waals surface area contributed by atoms with Crippen molar-refractivity contribution in [1.29, 1.82) is 5.26 Å². The standard InChI is InChI=1S/C26H29N3O2/c1-3-4-5-8-22(30)9-6-7-10-25-28-24-17-19(2)11-16-23(24)26(31)29(25)21-14-12-20(18-27)13-15-21/h11-17H,3-10H2,1-2H3. The number of aryl methyl sites for hydroxylation is 2. The van der Waals surface area contributed by atoms with E-state index >= 15 is 0 Å². The highest BCUT2D eigenvalue weighted by atomic mass is 16.1. The third-order valence-electron chi connectivity index (χ3n) is 5.51. The molecule has 0 fully saturated rings. The van der Waals surface area contributed by atoms with Crippen molar-refractivity contribution >= 4 is 16.7 Å². The lowest BCUT2D eigenvalue weighted by atomic mass is 10.1. The molecule has 0 radical (unpaired) electrons. The van der Waals surface area contributed by atoms with Crippen molar-refractivity contribution < 1.29 is 4.79 Å². The van der Waals surface area contributed by atoms with Crippen LogP contribution in [0.3, 0.4) is 0 Å². The molecule has 0 bridgehead atoms. The van der Waals surface area contributed by atoms with Crippen molar-refractivity contribution in [2.75, 3.05) is 0 Å². The summed E-state index contributed by atoms with van der Waals surface area (Å²) in [5.41, 5.74) is 2.88. The third kappa shape index (κ3) is 5.67. The summed E-state index contributed by atoms with van der Waals surface area (Å²) in [4.78, 5) is 30.2. The molecule has 0 aliphatic rings. The molecule has 0 saturated heterocycles. The molecule has 5 nitrogen and oxygen atoms in total. The molecule has 3 aromatic rings. The molecule has 0 amide bonds. The van der Waals surface area contributed by atoms with E-state index in [-0.39, 0.29) is 5.56 Å². The maximum absolute atomic E-state index is 13.3. The number of nitrogens with zero attached hydrogens (tertiary/aromatic N) is 3. The fourth-order valence-corrected chi connectivity index (χ4v) is 3.76. The minimum atomic E-state index is -0.111. The average Bonchev–Trinajstić information content (AvgIpc) is 2.77. The van der Waals surface area contributed by atoms with Gasteiger partial charge in [0.25, 0.3) is 5.56 Å². The van der Waals surface area contributed by atoms with E-state index in [0.717, 1.165) is 37.7 Å². The fourth-order valence-electron chi connectivity index (χ4n) is 3.76. The van der Waals surface area contributed by atoms with Gasteiger partial charge in [-0.05, 0) is 68.1 Å². The normalized spacial score (nSPS) is 10.9. The summed E-state index contributed by atoms with van der Waals surface area (Å²) in [6.07, 6.45) is 6.63. The maximum atomic E-state index is 13.3. The minimum Gasteiger partial charge on any atom is -0.300 e. The first kappa shape index (κ1) is 22.4. The second-order valence-electron chi connectivity index (χ2n) is 8.05. The predicted octanol–water partition coefficient (Wildman–Crippen LogP) is 5.43. The summed E-state index contributed by atoms with van der Waals surface area (Å²) in [6.45, 7) is 4.12. The number of fused-ring (bicyclic) bond motifs is 1. The van der Waals surface area contributed by atoms with Crippen molar-refractivity contribution in [3.8, 4) is 11.8 Å². The van der Waals surface area contributed by atoms with Gasteiger partial charge in [0.2, 0.25) is 0 Å². The van der Waals surface area contributed by atoms with Crippen LogP contribution in [-0.4, -0.2) is 15.3 Å². The fraction of sp³-hybridized carbons (Fsp3) is 0.385. The molecule has 1 heterocycles. The zero-order valence-electron chi connectivity index (χ0n) is 18.4. The van der Waals surface area contributed by atoms with E-state index in [1.807, 2.05) is 25.1 Å². The molecule has 3 rings (SSSR count). The van der Waals surface area contributed by atoms with Crippen LogP contribution < -0.4 is 5.56 Å². The summed E-state index contributed by atoms with van der Waals surface area (Å²) >= 11 is 0. The highest BCUT2D eigenvalue weighted by Gasteiger charge is 2.13. The quantitative estimate of drug-likeness (QED) is 0.414. The van der Waals surface area contributed by atoms with Crippen LogP contribution in [0.4, 0.5) is 0 Å². The van der Waals surface area contributed by atoms with E-state index in [9.17, 15) is 9.59 Å². The van der Waals surface area contributed by atoms with Crippen LogP contribution in [0.2, 0.25) is 0 Å². The highest BCUT2D eigenvalue weighted by Crippen LogP contribution is 2.17. The summed E-state index contributed by atoms with van der Waals surface area (Å²) < 4.78 is 1.64. The summed E-state index contributed by atoms with van der Waals surface area (Å²) in [5, 5.41) is 9.65. The molecule has 0 N–H and O–H groups in total. The number of carbonyl (C=O) groups is 1. The Hall–Kier alpha value is -3.26. The van der Waals surface area contributed by atoms with E-state index in [0.29, 0.717) is 53.0 Å². The van der Waals surface area contributed by atoms with Gasteiger partial charge in [0.15, 0.2) is 0 Å². The van der Waals surface area contributed by atoms with Crippen LogP contribution in [0, 0.1) is 18.3 Å². The zero-order valence-corrected chi connectivity index (χ0v) is 18.4. The lowest BCUT2D eigenvalue weighted by Gasteiger charge is -2.14. The highest BCUT2D eigenvalue weighted by molar-refractivity contribution is 5.79. The molecule has 2 aromatic carbocycles. The Labute approximate surface area is 183 Å². The van der Waals surface area contributed by atoms with Crippen molar-refractivity contribution in [2.24, 2.45) is 0 Å². The number of benzene rings is 2. The molecule has 160 valence electrons. The molecule has 0 atom stereocenters. The lowest BCUT2D eigenvalue weighted by Crippen LogP contribution is -2.24. The SMILES string of the molecule is CCCCCC(=O)CCCCc1nc2cc(C)ccc2c(=O)n1-c1ccc(C#N)cc1. The van der Waals surface area contributed by atoms with Crippen molar-refractivity contribution in [2.45, 2.75) is 65.2 Å². The number of unbranched alkanes of at least 4 members (excludes halogenated alkanes) is 3. The number of hydrogen-bond donors (Lipinski definition) is 0. The summed E-state index contributed by atoms with van der Waals surface area (Å²) in [7, 11) is 0. The zero-order chi connectivity index (χ0) is 22.2. The number of Topliss-reactive ketones (excluding diaryl/α,β-unsaturated/α-hetero) is 1. The third-order valence-corrected chi connectivity index (χ3v) is 5.51. The molecule has 1 aromatic heterocycles. The van der Waals surface area contributed by atoms with Gasteiger partial charge in [-0.25, -0.2) is 4.98 Å². The minimum absolute atomic E-state index is 0.111. The van der Waals surface area contributed by atoms with Gasteiger partial charge in [0.05, 0.1) is 28.2 Å². The van der Waals surface area contributed by atoms with Crippen molar-refractivity contribution in [1.82, 2.24) is 9.55 Å². The van der Waals surface area contributed by atoms with Gasteiger partial charge in [0, 0.05) is 19.3 Å². The van der Waals surface area contributed by atoms with E-state index in [2.05, 4.69) is 13.0 Å². The molecule has 0 saturated carbocycles. The Morgan fingerprint density at radius 2 is 1.74 bits per heavy atom. The lowest BCUT2D eigenvalue weighted by molar-refractivity contribution is -0.119. The number of aromatic nitrogens is 2. The molecular weight excluding hydrogens is 386 g/mol. The number of nitriles is 1. The van der Waals surface area contributed by atoms with Crippen LogP contribution in [0.1, 0.15) is 68.8 Å². The van der Waals surface area contributed by atoms with Gasteiger partial charge in [-0.2, -0.15) is 5.26 Å². The predicted molar refractivity (Wildman–Crippen MR) is 123 cm³/mol. The van der Waals surface area contributed by atoms with Crippen LogP contribution >= 0.6 is 0 Å². The van der Waals surface area contributed by atoms with Crippen molar-refractivity contribution in [3.05, 3.63) is 69.8 Å². The second-order valence-corrected chi connectivity index (χ2v) is 8.05. The Balaban J connectivity index is 1.85. The van der Waals surface area contributed by atoms with Gasteiger partial charge >= 0.3 is 0 Å². The molecule has 0 aliphatic carbocycles. The number of carbonyl (C=O) groups excluding carboxylic acids is 1. The average molecular weight is 416 g/mol. The molecule has 31 heavy (non-hydrogen) atoms. The first-order valence-corrected chi connectivity index (χ1v) is 11.1. The van der Waals surface area contributed by atoms with Gasteiger partial charge in [-0.1, -0.05) is 25.8 Å². The van der Waals surface area contributed by atoms with E-state index in [4.69, 9.17) is 10.2 Å². The maximum Gasteiger partial charge on any atom is 0.265 e.